The zero-order chi connectivity index (χ0) is 19.3. The molecule has 0 aromatic rings. The average Bonchev–Trinajstić information content (AvgIpc) is 2.64. The molecule has 0 aromatic heterocycles. The van der Waals surface area contributed by atoms with Gasteiger partial charge in [0.15, 0.2) is 0 Å². The Morgan fingerprint density at radius 2 is 0.593 bits per heavy atom. The molecule has 0 nitrogen and oxygen atoms in total. The molecule has 0 saturated carbocycles. The SMILES string of the molecule is CCCCCCCCC[CH2][BiH]([CH3])([CH2]CCCCCC)[CH2]CCCCCC.Cl. The molecule has 0 N–H and O–H groups in total. The van der Waals surface area contributed by atoms with Gasteiger partial charge in [-0.05, 0) is 0 Å². The fourth-order valence-corrected chi connectivity index (χ4v) is 20.2. The molecule has 0 saturated heterocycles. The predicted octanol–water partition coefficient (Wildman–Crippen LogP) is 10.3. The first-order chi connectivity index (χ1) is 12.7. The Morgan fingerprint density at radius 1 is 0.370 bits per heavy atom. The molecule has 0 aliphatic heterocycles. The van der Waals surface area contributed by atoms with Crippen molar-refractivity contribution < 1.29 is 0 Å². The molecule has 168 valence electrons. The molecule has 0 aromatic carbocycles. The first-order valence-electron chi connectivity index (χ1n) is 12.7. The molecule has 0 amide bonds. The molecule has 0 unspecified atom stereocenters. The Balaban J connectivity index is 0. The van der Waals surface area contributed by atoms with E-state index >= 15 is 0 Å². The normalized spacial score (nSPS) is 12.1. The molecule has 0 bridgehead atoms. The summed E-state index contributed by atoms with van der Waals surface area (Å²) in [5.74, 6) is 0. The quantitative estimate of drug-likeness (QED) is 0.0908. The molecule has 0 rings (SSSR count). The van der Waals surface area contributed by atoms with Gasteiger partial charge in [-0.1, -0.05) is 0 Å². The largest absolute Gasteiger partial charge is 0.147 e. The minimum absolute atomic E-state index is 0. The van der Waals surface area contributed by atoms with E-state index in [9.17, 15) is 0 Å². The molecule has 0 aliphatic rings. The van der Waals surface area contributed by atoms with Crippen molar-refractivity contribution in [1.82, 2.24) is 0 Å². The number of unbranched alkanes of at least 4 members (excludes halogenated alkanes) is 15. The van der Waals surface area contributed by atoms with E-state index in [1.165, 1.54) is 96.3 Å². The van der Waals surface area contributed by atoms with Gasteiger partial charge in [-0.2, -0.15) is 0 Å². The molecule has 0 heterocycles. The third kappa shape index (κ3) is 21.7. The minimum Gasteiger partial charge on any atom is -0.147 e. The second-order valence-electron chi connectivity index (χ2n) is 9.36. The second kappa shape index (κ2) is 23.5. The van der Waals surface area contributed by atoms with Gasteiger partial charge in [0.05, 0.1) is 0 Å². The first-order valence-corrected chi connectivity index (χ1v) is 24.8. The van der Waals surface area contributed by atoms with E-state index in [0.717, 1.165) is 0 Å². The summed E-state index contributed by atoms with van der Waals surface area (Å²) in [4.78, 5) is 0. The van der Waals surface area contributed by atoms with Crippen molar-refractivity contribution in [2.45, 2.75) is 153 Å². The van der Waals surface area contributed by atoms with E-state index < -0.39 is 20.3 Å². The van der Waals surface area contributed by atoms with Crippen LogP contribution < -0.4 is 0 Å². The van der Waals surface area contributed by atoms with Crippen molar-refractivity contribution in [3.05, 3.63) is 0 Å². The van der Waals surface area contributed by atoms with Crippen molar-refractivity contribution in [1.29, 1.82) is 0 Å². The Morgan fingerprint density at radius 3 is 0.852 bits per heavy atom. The first kappa shape index (κ1) is 30.4. The number of rotatable bonds is 21. The number of hydrogen-bond acceptors (Lipinski definition) is 0. The van der Waals surface area contributed by atoms with Crippen LogP contribution in [-0.4, -0.2) is 20.3 Å². The van der Waals surface area contributed by atoms with Crippen LogP contribution in [0.1, 0.15) is 136 Å². The van der Waals surface area contributed by atoms with E-state index in [-0.39, 0.29) is 12.4 Å². The standard InChI is InChI=1S/C10H21.2C7H15.CH3.Bi.ClH.H/c1-3-5-7-9-10-8-6-4-2;2*1-3-5-7-6-4-2;;;;/h1,3-10H2,2H3;2*1,3-7H2,2H3;1H3;;1H;. The molecule has 0 aliphatic carbocycles. The van der Waals surface area contributed by atoms with Crippen molar-refractivity contribution in [3.8, 4) is 0 Å². The fourth-order valence-electron chi connectivity index (χ4n) is 4.37. The van der Waals surface area contributed by atoms with Crippen molar-refractivity contribution >= 4 is 32.7 Å². The summed E-state index contributed by atoms with van der Waals surface area (Å²) in [5.41, 5.74) is 0. The fraction of sp³-hybridized carbons (Fsp3) is 1.00. The molecule has 0 radical (unpaired) electrons. The number of hydrogen-bond donors (Lipinski definition) is 0. The third-order valence-electron chi connectivity index (χ3n) is 6.40. The van der Waals surface area contributed by atoms with Crippen LogP contribution in [0.25, 0.3) is 0 Å². The monoisotopic (exact) mass is 600 g/mol. The van der Waals surface area contributed by atoms with Crippen LogP contribution in [0.4, 0.5) is 0 Å². The van der Waals surface area contributed by atoms with Crippen molar-refractivity contribution in [3.63, 3.8) is 0 Å². The molecule has 0 fully saturated rings. The maximum absolute atomic E-state index is 2.84. The van der Waals surface area contributed by atoms with Crippen LogP contribution in [0.3, 0.4) is 0 Å². The van der Waals surface area contributed by atoms with Crippen LogP contribution in [-0.2, 0) is 0 Å². The van der Waals surface area contributed by atoms with Crippen LogP contribution in [0.5, 0.6) is 0 Å². The van der Waals surface area contributed by atoms with E-state index in [1.807, 2.05) is 0 Å². The third-order valence-corrected chi connectivity index (χ3v) is 24.6. The Bertz CT molecular complexity index is 253. The minimum atomic E-state index is -1.91. The van der Waals surface area contributed by atoms with Gasteiger partial charge in [-0.25, -0.2) is 0 Å². The molecule has 0 atom stereocenters. The van der Waals surface area contributed by atoms with Gasteiger partial charge in [0.1, 0.15) is 0 Å². The molecule has 0 spiro atoms. The maximum atomic E-state index is 2.84. The topological polar surface area (TPSA) is 0 Å². The maximum Gasteiger partial charge on any atom is -0.147 e. The Hall–Kier alpha value is 1.17. The summed E-state index contributed by atoms with van der Waals surface area (Å²) in [6, 6.07) is 0. The summed E-state index contributed by atoms with van der Waals surface area (Å²) in [7, 11) is 0. The van der Waals surface area contributed by atoms with Gasteiger partial charge in [-0.15, -0.1) is 12.4 Å². The Labute approximate surface area is 185 Å². The van der Waals surface area contributed by atoms with Gasteiger partial charge in [0.25, 0.3) is 0 Å². The van der Waals surface area contributed by atoms with E-state index in [0.29, 0.717) is 0 Å². The zero-order valence-electron chi connectivity index (χ0n) is 19.8. The summed E-state index contributed by atoms with van der Waals surface area (Å²) in [6.45, 7) is 6.99. The summed E-state index contributed by atoms with van der Waals surface area (Å²) in [6.07, 6.45) is 26.8. The van der Waals surface area contributed by atoms with Crippen LogP contribution in [0.15, 0.2) is 0 Å². The Kier molecular flexibility index (Phi) is 26.4. The average molecular weight is 601 g/mol. The van der Waals surface area contributed by atoms with Crippen LogP contribution in [0, 0.1) is 0 Å². The van der Waals surface area contributed by atoms with Crippen LogP contribution >= 0.6 is 12.4 Å². The number of halogens is 1. The van der Waals surface area contributed by atoms with Gasteiger partial charge in [0.2, 0.25) is 0 Å². The molecular weight excluding hydrogens is 545 g/mol. The van der Waals surface area contributed by atoms with Gasteiger partial charge < -0.3 is 0 Å². The van der Waals surface area contributed by atoms with Gasteiger partial charge >= 0.3 is 174 Å². The summed E-state index contributed by atoms with van der Waals surface area (Å²) >= 11 is -1.91. The summed E-state index contributed by atoms with van der Waals surface area (Å²) < 4.78 is 7.97. The molecule has 27 heavy (non-hydrogen) atoms. The molecular formula is C25H56BiCl. The zero-order valence-corrected chi connectivity index (χ0v) is 24.5. The van der Waals surface area contributed by atoms with E-state index in [1.54, 1.807) is 31.6 Å². The van der Waals surface area contributed by atoms with Crippen LogP contribution in [0.2, 0.25) is 17.0 Å². The second-order valence-corrected chi connectivity index (χ2v) is 29.3. The van der Waals surface area contributed by atoms with Crippen molar-refractivity contribution in [2.24, 2.45) is 0 Å². The smallest absolute Gasteiger partial charge is 0.147 e. The van der Waals surface area contributed by atoms with Gasteiger partial charge in [-0.3, -0.25) is 0 Å². The molecule has 2 heteroatoms. The van der Waals surface area contributed by atoms with E-state index in [4.69, 9.17) is 0 Å². The van der Waals surface area contributed by atoms with Crippen molar-refractivity contribution in [2.75, 3.05) is 0 Å². The van der Waals surface area contributed by atoms with E-state index in [2.05, 4.69) is 25.4 Å². The summed E-state index contributed by atoms with van der Waals surface area (Å²) in [5, 5.41) is 0. The predicted molar refractivity (Wildman–Crippen MR) is 135 cm³/mol. The van der Waals surface area contributed by atoms with Gasteiger partial charge in [0, 0.05) is 0 Å².